The number of aromatic nitrogens is 1. The molecule has 0 atom stereocenters. The number of halogens is 1. The number of oxazole rings is 1. The Balaban J connectivity index is 0.00000450. The predicted octanol–water partition coefficient (Wildman–Crippen LogP) is 3.98. The third-order valence-corrected chi connectivity index (χ3v) is 4.06. The highest BCUT2D eigenvalue weighted by Gasteiger charge is 2.19. The van der Waals surface area contributed by atoms with Crippen LogP contribution in [0.25, 0.3) is 0 Å². The molecule has 30 heavy (non-hydrogen) atoms. The number of nitrogens with one attached hydrogen (secondary N) is 3. The van der Waals surface area contributed by atoms with E-state index < -0.39 is 0 Å². The number of amides is 1. The van der Waals surface area contributed by atoms with E-state index in [4.69, 9.17) is 4.42 Å². The van der Waals surface area contributed by atoms with Crippen LogP contribution in [0.2, 0.25) is 0 Å². The topological polar surface area (TPSA) is 91.5 Å². The monoisotopic (exact) mass is 527 g/mol. The molecule has 166 valence electrons. The molecule has 0 bridgehead atoms. The van der Waals surface area contributed by atoms with Crippen LogP contribution in [-0.4, -0.2) is 29.4 Å². The first-order valence-electron chi connectivity index (χ1n) is 9.79. The lowest BCUT2D eigenvalue weighted by Gasteiger charge is -2.20. The SMILES string of the molecule is CN=C(NCc1cccc(C(=O)NC(C)(C)C)c1)NCc1ncc(C(C)(C)C)o1.I. The van der Waals surface area contributed by atoms with Gasteiger partial charge in [-0.2, -0.15) is 0 Å². The smallest absolute Gasteiger partial charge is 0.251 e. The average Bonchev–Trinajstić information content (AvgIpc) is 3.10. The predicted molar refractivity (Wildman–Crippen MR) is 131 cm³/mol. The summed E-state index contributed by atoms with van der Waals surface area (Å²) in [6.07, 6.45) is 1.77. The Morgan fingerprint density at radius 1 is 1.10 bits per heavy atom. The van der Waals surface area contributed by atoms with Gasteiger partial charge in [0.05, 0.1) is 12.7 Å². The van der Waals surface area contributed by atoms with E-state index in [2.05, 4.69) is 46.7 Å². The molecular weight excluding hydrogens is 493 g/mol. The van der Waals surface area contributed by atoms with E-state index in [0.29, 0.717) is 30.5 Å². The Labute approximate surface area is 196 Å². The van der Waals surface area contributed by atoms with Gasteiger partial charge in [0, 0.05) is 30.1 Å². The number of rotatable bonds is 5. The number of carbonyl (C=O) groups excluding carboxylic acids is 1. The first-order valence-corrected chi connectivity index (χ1v) is 9.79. The van der Waals surface area contributed by atoms with Crippen LogP contribution in [0.1, 0.15) is 69.1 Å². The van der Waals surface area contributed by atoms with Gasteiger partial charge in [-0.3, -0.25) is 9.79 Å². The van der Waals surface area contributed by atoms with Crippen molar-refractivity contribution in [3.8, 4) is 0 Å². The minimum absolute atomic E-state index is 0. The Kier molecular flexibility index (Phi) is 9.33. The number of guanidine groups is 1. The molecule has 2 aromatic rings. The van der Waals surface area contributed by atoms with Crippen LogP contribution >= 0.6 is 24.0 Å². The number of aliphatic imine (C=N–C) groups is 1. The maximum Gasteiger partial charge on any atom is 0.251 e. The van der Waals surface area contributed by atoms with E-state index in [1.165, 1.54) is 0 Å². The zero-order valence-electron chi connectivity index (χ0n) is 18.9. The molecule has 0 aliphatic carbocycles. The van der Waals surface area contributed by atoms with Gasteiger partial charge in [0.15, 0.2) is 5.96 Å². The van der Waals surface area contributed by atoms with E-state index in [9.17, 15) is 4.79 Å². The quantitative estimate of drug-likeness (QED) is 0.311. The molecule has 1 amide bonds. The summed E-state index contributed by atoms with van der Waals surface area (Å²) in [7, 11) is 1.71. The van der Waals surface area contributed by atoms with Crippen LogP contribution in [0, 0.1) is 0 Å². The molecule has 0 spiro atoms. The fourth-order valence-electron chi connectivity index (χ4n) is 2.54. The van der Waals surface area contributed by atoms with Crippen LogP contribution in [-0.2, 0) is 18.5 Å². The van der Waals surface area contributed by atoms with Gasteiger partial charge in [0.25, 0.3) is 5.91 Å². The zero-order chi connectivity index (χ0) is 21.7. The van der Waals surface area contributed by atoms with Crippen LogP contribution in [0.15, 0.2) is 39.9 Å². The average molecular weight is 527 g/mol. The number of nitrogens with zero attached hydrogens (tertiary/aromatic N) is 2. The summed E-state index contributed by atoms with van der Waals surface area (Å²) in [6, 6.07) is 7.54. The van der Waals surface area contributed by atoms with Gasteiger partial charge in [0.1, 0.15) is 5.76 Å². The Morgan fingerprint density at radius 2 is 1.77 bits per heavy atom. The number of hydrogen-bond donors (Lipinski definition) is 3. The lowest BCUT2D eigenvalue weighted by atomic mass is 9.94. The molecule has 0 saturated carbocycles. The summed E-state index contributed by atoms with van der Waals surface area (Å²) in [5.74, 6) is 2.01. The minimum Gasteiger partial charge on any atom is -0.443 e. The fraction of sp³-hybridized carbons (Fsp3) is 0.500. The van der Waals surface area contributed by atoms with Gasteiger partial charge in [-0.1, -0.05) is 32.9 Å². The lowest BCUT2D eigenvalue weighted by molar-refractivity contribution is 0.0919. The van der Waals surface area contributed by atoms with Crippen molar-refractivity contribution in [3.63, 3.8) is 0 Å². The van der Waals surface area contributed by atoms with Crippen molar-refractivity contribution in [1.29, 1.82) is 0 Å². The largest absolute Gasteiger partial charge is 0.443 e. The standard InChI is InChI=1S/C22H33N5O2.HI/c1-21(2,3)17-13-24-18(29-17)14-26-20(23-7)25-12-15-9-8-10-16(11-15)19(28)27-22(4,5)6;/h8-11,13H,12,14H2,1-7H3,(H,27,28)(H2,23,25,26);1H. The fourth-order valence-corrected chi connectivity index (χ4v) is 2.54. The first kappa shape index (κ1) is 25.9. The molecule has 0 aliphatic rings. The van der Waals surface area contributed by atoms with Crippen molar-refractivity contribution in [3.05, 3.63) is 53.2 Å². The summed E-state index contributed by atoms with van der Waals surface area (Å²) in [5.41, 5.74) is 1.27. The van der Waals surface area contributed by atoms with Gasteiger partial charge >= 0.3 is 0 Å². The summed E-state index contributed by atoms with van der Waals surface area (Å²) in [4.78, 5) is 20.9. The number of carbonyl (C=O) groups is 1. The number of hydrogen-bond acceptors (Lipinski definition) is 4. The lowest BCUT2D eigenvalue weighted by Crippen LogP contribution is -2.40. The summed E-state index contributed by atoms with van der Waals surface area (Å²) < 4.78 is 5.79. The van der Waals surface area contributed by atoms with E-state index in [-0.39, 0.29) is 40.8 Å². The van der Waals surface area contributed by atoms with Crippen molar-refractivity contribution in [2.75, 3.05) is 7.05 Å². The highest BCUT2D eigenvalue weighted by Crippen LogP contribution is 2.22. The van der Waals surface area contributed by atoms with Crippen LogP contribution in [0.4, 0.5) is 0 Å². The molecule has 7 nitrogen and oxygen atoms in total. The highest BCUT2D eigenvalue weighted by molar-refractivity contribution is 14.0. The first-order chi connectivity index (χ1) is 13.5. The molecule has 1 aromatic carbocycles. The van der Waals surface area contributed by atoms with Crippen molar-refractivity contribution in [2.24, 2.45) is 4.99 Å². The van der Waals surface area contributed by atoms with Crippen LogP contribution < -0.4 is 16.0 Å². The Morgan fingerprint density at radius 3 is 2.33 bits per heavy atom. The number of benzene rings is 1. The van der Waals surface area contributed by atoms with E-state index in [1.54, 1.807) is 13.2 Å². The normalized spacial score (nSPS) is 12.2. The van der Waals surface area contributed by atoms with Crippen molar-refractivity contribution >= 4 is 35.8 Å². The van der Waals surface area contributed by atoms with Crippen LogP contribution in [0.3, 0.4) is 0 Å². The molecule has 0 unspecified atom stereocenters. The van der Waals surface area contributed by atoms with E-state index >= 15 is 0 Å². The molecule has 0 saturated heterocycles. The summed E-state index contributed by atoms with van der Waals surface area (Å²) in [5, 5.41) is 9.41. The zero-order valence-corrected chi connectivity index (χ0v) is 21.3. The van der Waals surface area contributed by atoms with Gasteiger partial charge in [0.2, 0.25) is 5.89 Å². The molecule has 0 fully saturated rings. The minimum atomic E-state index is -0.274. The van der Waals surface area contributed by atoms with Crippen molar-refractivity contribution in [2.45, 2.75) is 65.6 Å². The van der Waals surface area contributed by atoms with Crippen molar-refractivity contribution in [1.82, 2.24) is 20.9 Å². The maximum atomic E-state index is 12.4. The third-order valence-electron chi connectivity index (χ3n) is 4.06. The molecule has 0 aliphatic heterocycles. The molecule has 0 radical (unpaired) electrons. The van der Waals surface area contributed by atoms with Gasteiger partial charge < -0.3 is 20.4 Å². The molecule has 8 heteroatoms. The third kappa shape index (κ3) is 8.33. The second-order valence-electron chi connectivity index (χ2n) is 9.05. The van der Waals surface area contributed by atoms with E-state index in [1.807, 2.05) is 45.0 Å². The van der Waals surface area contributed by atoms with Gasteiger partial charge in [-0.25, -0.2) is 4.98 Å². The summed E-state index contributed by atoms with van der Waals surface area (Å²) >= 11 is 0. The van der Waals surface area contributed by atoms with Crippen molar-refractivity contribution < 1.29 is 9.21 Å². The van der Waals surface area contributed by atoms with Gasteiger partial charge in [-0.05, 0) is 38.5 Å². The second-order valence-corrected chi connectivity index (χ2v) is 9.05. The summed E-state index contributed by atoms with van der Waals surface area (Å²) in [6.45, 7) is 13.1. The molecule has 1 heterocycles. The Hall–Kier alpha value is -2.10. The molecule has 2 rings (SSSR count). The molecule has 1 aromatic heterocycles. The van der Waals surface area contributed by atoms with Gasteiger partial charge in [-0.15, -0.1) is 24.0 Å². The highest BCUT2D eigenvalue weighted by atomic mass is 127. The Bertz CT molecular complexity index is 863. The van der Waals surface area contributed by atoms with E-state index in [0.717, 1.165) is 11.3 Å². The second kappa shape index (κ2) is 10.8. The van der Waals surface area contributed by atoms with Crippen LogP contribution in [0.5, 0.6) is 0 Å². The molecular formula is C22H34IN5O2. The molecule has 3 N–H and O–H groups in total. The maximum absolute atomic E-state index is 12.4.